The summed E-state index contributed by atoms with van der Waals surface area (Å²) in [5.41, 5.74) is 1.94. The highest BCUT2D eigenvalue weighted by Gasteiger charge is 2.21. The van der Waals surface area contributed by atoms with Gasteiger partial charge in [-0.05, 0) is 38.0 Å². The first-order valence-corrected chi connectivity index (χ1v) is 7.69. The largest absolute Gasteiger partial charge is 0.465 e. The maximum atomic E-state index is 9.06. The molecule has 6 nitrogen and oxygen atoms in total. The maximum Gasteiger partial charge on any atom is 0.126 e. The van der Waals surface area contributed by atoms with Crippen LogP contribution >= 0.6 is 0 Å². The Morgan fingerprint density at radius 1 is 1.45 bits per heavy atom. The molecule has 22 heavy (non-hydrogen) atoms. The minimum atomic E-state index is -0.0460. The summed E-state index contributed by atoms with van der Waals surface area (Å²) < 4.78 is 7.24. The molecule has 1 saturated heterocycles. The van der Waals surface area contributed by atoms with Crippen molar-refractivity contribution in [3.63, 3.8) is 0 Å². The highest BCUT2D eigenvalue weighted by molar-refractivity contribution is 5.46. The number of hydrogen-bond acceptors (Lipinski definition) is 5. The molecule has 1 N–H and O–H groups in total. The van der Waals surface area contributed by atoms with Gasteiger partial charge < -0.3 is 9.52 Å². The van der Waals surface area contributed by atoms with Gasteiger partial charge in [-0.2, -0.15) is 0 Å². The van der Waals surface area contributed by atoms with Crippen LogP contribution in [0.2, 0.25) is 0 Å². The summed E-state index contributed by atoms with van der Waals surface area (Å²) in [4.78, 5) is 2.45. The van der Waals surface area contributed by atoms with Gasteiger partial charge in [0.25, 0.3) is 0 Å². The van der Waals surface area contributed by atoms with Crippen molar-refractivity contribution in [3.8, 4) is 0 Å². The Kier molecular flexibility index (Phi) is 4.70. The highest BCUT2D eigenvalue weighted by atomic mass is 16.3. The normalized spacial score (nSPS) is 18.0. The maximum absolute atomic E-state index is 9.06. The van der Waals surface area contributed by atoms with Crippen LogP contribution in [0.1, 0.15) is 37.3 Å². The molecule has 0 saturated carbocycles. The van der Waals surface area contributed by atoms with E-state index in [1.165, 1.54) is 5.57 Å². The summed E-state index contributed by atoms with van der Waals surface area (Å²) in [6.45, 7) is 5.15. The summed E-state index contributed by atoms with van der Waals surface area (Å²) in [7, 11) is 0. The molecule has 0 spiro atoms. The average Bonchev–Trinajstić information content (AvgIpc) is 3.19. The lowest BCUT2D eigenvalue weighted by molar-refractivity contribution is 0.191. The molecule has 0 radical (unpaired) electrons. The monoisotopic (exact) mass is 302 g/mol. The van der Waals surface area contributed by atoms with Gasteiger partial charge in [0.2, 0.25) is 0 Å². The molecular weight excluding hydrogens is 280 g/mol. The van der Waals surface area contributed by atoms with Gasteiger partial charge in [-0.1, -0.05) is 10.8 Å². The first-order chi connectivity index (χ1) is 10.7. The smallest absolute Gasteiger partial charge is 0.126 e. The van der Waals surface area contributed by atoms with Crippen molar-refractivity contribution in [1.29, 1.82) is 0 Å². The van der Waals surface area contributed by atoms with Gasteiger partial charge in [-0.25, -0.2) is 4.68 Å². The van der Waals surface area contributed by atoms with Crippen molar-refractivity contribution >= 4 is 6.08 Å². The van der Waals surface area contributed by atoms with E-state index in [-0.39, 0.29) is 6.61 Å². The summed E-state index contributed by atoms with van der Waals surface area (Å²) in [6.07, 6.45) is 7.76. The van der Waals surface area contributed by atoms with Crippen LogP contribution in [0, 0.1) is 0 Å². The Morgan fingerprint density at radius 3 is 2.91 bits per heavy atom. The van der Waals surface area contributed by atoms with Crippen molar-refractivity contribution in [2.24, 2.45) is 0 Å². The van der Waals surface area contributed by atoms with E-state index in [2.05, 4.69) is 28.2 Å². The molecule has 2 aromatic heterocycles. The molecule has 0 aromatic carbocycles. The van der Waals surface area contributed by atoms with E-state index in [0.717, 1.165) is 38.2 Å². The summed E-state index contributed by atoms with van der Waals surface area (Å²) >= 11 is 0. The van der Waals surface area contributed by atoms with Gasteiger partial charge in [-0.15, -0.1) is 5.10 Å². The van der Waals surface area contributed by atoms with E-state index in [9.17, 15) is 0 Å². The standard InChI is InChI=1S/C16H22N4O2/c1-13(9-16-3-2-8-22-16)10-19-6-4-15(5-7-19)20-11-14(12-21)17-18-20/h2-3,8-9,11,15,21H,4-7,10,12H2,1H3. The van der Waals surface area contributed by atoms with Gasteiger partial charge in [0, 0.05) is 19.6 Å². The molecular formula is C16H22N4O2. The Morgan fingerprint density at radius 2 is 2.27 bits per heavy atom. The van der Waals surface area contributed by atoms with Crippen molar-refractivity contribution in [2.75, 3.05) is 19.6 Å². The molecule has 1 aliphatic rings. The topological polar surface area (TPSA) is 67.3 Å². The third-order valence-electron chi connectivity index (χ3n) is 4.06. The lowest BCUT2D eigenvalue weighted by Crippen LogP contribution is -2.35. The molecule has 118 valence electrons. The molecule has 0 amide bonds. The number of piperidine rings is 1. The third-order valence-corrected chi connectivity index (χ3v) is 4.06. The molecule has 0 bridgehead atoms. The third kappa shape index (κ3) is 3.64. The minimum Gasteiger partial charge on any atom is -0.465 e. The van der Waals surface area contributed by atoms with Crippen LogP contribution in [0.15, 0.2) is 34.6 Å². The van der Waals surface area contributed by atoms with Crippen LogP contribution in [-0.2, 0) is 6.61 Å². The van der Waals surface area contributed by atoms with Gasteiger partial charge in [0.1, 0.15) is 11.5 Å². The Bertz CT molecular complexity index is 610. The van der Waals surface area contributed by atoms with E-state index >= 15 is 0 Å². The van der Waals surface area contributed by atoms with E-state index in [1.54, 1.807) is 6.26 Å². The Balaban J connectivity index is 1.51. The van der Waals surface area contributed by atoms with Crippen LogP contribution in [0.25, 0.3) is 6.08 Å². The van der Waals surface area contributed by atoms with Crippen molar-refractivity contribution in [3.05, 3.63) is 41.6 Å². The second-order valence-electron chi connectivity index (χ2n) is 5.86. The fraction of sp³-hybridized carbons (Fsp3) is 0.500. The molecule has 0 aliphatic carbocycles. The quantitative estimate of drug-likeness (QED) is 0.916. The molecule has 0 atom stereocenters. The van der Waals surface area contributed by atoms with Crippen LogP contribution in [0.4, 0.5) is 0 Å². The predicted octanol–water partition coefficient (Wildman–Crippen LogP) is 2.10. The fourth-order valence-corrected chi connectivity index (χ4v) is 2.92. The molecule has 2 aromatic rings. The Labute approximate surface area is 130 Å². The van der Waals surface area contributed by atoms with Crippen molar-refractivity contribution in [2.45, 2.75) is 32.4 Å². The molecule has 1 fully saturated rings. The summed E-state index contributed by atoms with van der Waals surface area (Å²) in [5, 5.41) is 17.1. The zero-order chi connectivity index (χ0) is 15.4. The zero-order valence-corrected chi connectivity index (χ0v) is 12.9. The number of aliphatic hydroxyl groups is 1. The number of aliphatic hydroxyl groups excluding tert-OH is 1. The van der Waals surface area contributed by atoms with Crippen LogP contribution in [-0.4, -0.2) is 44.6 Å². The molecule has 3 rings (SSSR count). The number of likely N-dealkylation sites (tertiary alicyclic amines) is 1. The van der Waals surface area contributed by atoms with Gasteiger partial charge in [0.15, 0.2) is 0 Å². The summed E-state index contributed by atoms with van der Waals surface area (Å²) in [5.74, 6) is 0.909. The van der Waals surface area contributed by atoms with E-state index in [1.807, 2.05) is 23.0 Å². The SMILES string of the molecule is CC(=Cc1ccco1)CN1CCC(n2cc(CO)nn2)CC1. The lowest BCUT2D eigenvalue weighted by Gasteiger charge is -2.31. The van der Waals surface area contributed by atoms with Crippen LogP contribution in [0.5, 0.6) is 0 Å². The second kappa shape index (κ2) is 6.89. The van der Waals surface area contributed by atoms with Crippen molar-refractivity contribution < 1.29 is 9.52 Å². The molecule has 0 unspecified atom stereocenters. The lowest BCUT2D eigenvalue weighted by atomic mass is 10.0. The first kappa shape index (κ1) is 15.0. The zero-order valence-electron chi connectivity index (χ0n) is 12.9. The van der Waals surface area contributed by atoms with E-state index in [4.69, 9.17) is 9.52 Å². The van der Waals surface area contributed by atoms with Crippen LogP contribution in [0.3, 0.4) is 0 Å². The van der Waals surface area contributed by atoms with Crippen LogP contribution < -0.4 is 0 Å². The van der Waals surface area contributed by atoms with Gasteiger partial charge in [0.05, 0.1) is 25.1 Å². The van der Waals surface area contributed by atoms with Crippen molar-refractivity contribution in [1.82, 2.24) is 19.9 Å². The number of aromatic nitrogens is 3. The summed E-state index contributed by atoms with van der Waals surface area (Å²) in [6, 6.07) is 4.26. The van der Waals surface area contributed by atoms with Gasteiger partial charge in [-0.3, -0.25) is 4.90 Å². The fourth-order valence-electron chi connectivity index (χ4n) is 2.92. The van der Waals surface area contributed by atoms with Gasteiger partial charge >= 0.3 is 0 Å². The highest BCUT2D eigenvalue weighted by Crippen LogP contribution is 2.22. The number of hydrogen-bond donors (Lipinski definition) is 1. The molecule has 3 heterocycles. The minimum absolute atomic E-state index is 0.0460. The molecule has 6 heteroatoms. The molecule has 1 aliphatic heterocycles. The van der Waals surface area contributed by atoms with E-state index in [0.29, 0.717) is 11.7 Å². The average molecular weight is 302 g/mol. The first-order valence-electron chi connectivity index (χ1n) is 7.69. The Hall–Kier alpha value is -1.92. The number of rotatable bonds is 5. The number of furan rings is 1. The van der Waals surface area contributed by atoms with E-state index < -0.39 is 0 Å². The predicted molar refractivity (Wildman–Crippen MR) is 83.0 cm³/mol. The number of nitrogens with zero attached hydrogens (tertiary/aromatic N) is 4. The second-order valence-corrected chi connectivity index (χ2v) is 5.86.